The van der Waals surface area contributed by atoms with E-state index in [-0.39, 0.29) is 17.9 Å². The van der Waals surface area contributed by atoms with E-state index in [1.165, 1.54) is 4.88 Å². The Labute approximate surface area is 134 Å². The van der Waals surface area contributed by atoms with Gasteiger partial charge in [0, 0.05) is 30.4 Å². The second-order valence-electron chi connectivity index (χ2n) is 6.32. The average Bonchev–Trinajstić information content (AvgIpc) is 3.24. The topological polar surface area (TPSA) is 54.9 Å². The largest absolute Gasteiger partial charge is 0.376 e. The van der Waals surface area contributed by atoms with Crippen molar-refractivity contribution in [3.63, 3.8) is 0 Å². The number of thiazole rings is 1. The Morgan fingerprint density at radius 3 is 3.14 bits per heavy atom. The Kier molecular flexibility index (Phi) is 3.89. The maximum absolute atomic E-state index is 12.6. The van der Waals surface area contributed by atoms with Crippen molar-refractivity contribution in [2.24, 2.45) is 11.8 Å². The second kappa shape index (κ2) is 5.88. The molecule has 0 saturated carbocycles. The lowest BCUT2D eigenvalue weighted by atomic mass is 9.92. The molecule has 0 radical (unpaired) electrons. The third-order valence-electron chi connectivity index (χ3n) is 4.92. The maximum Gasteiger partial charge on any atom is 0.251 e. The summed E-state index contributed by atoms with van der Waals surface area (Å²) in [6.45, 7) is 6.71. The number of likely N-dealkylation sites (tertiary alicyclic amines) is 1. The van der Waals surface area contributed by atoms with Crippen molar-refractivity contribution in [2.45, 2.75) is 26.0 Å². The molecule has 22 heavy (non-hydrogen) atoms. The molecule has 4 rings (SSSR count). The summed E-state index contributed by atoms with van der Waals surface area (Å²) < 4.78 is 5.89. The predicted molar refractivity (Wildman–Crippen MR) is 81.1 cm³/mol. The summed E-state index contributed by atoms with van der Waals surface area (Å²) in [4.78, 5) is 26.0. The molecule has 3 aliphatic rings. The van der Waals surface area contributed by atoms with Gasteiger partial charge in [-0.15, -0.1) is 11.3 Å². The van der Waals surface area contributed by atoms with E-state index in [9.17, 15) is 4.79 Å². The number of ether oxygens (including phenoxy) is 1. The summed E-state index contributed by atoms with van der Waals surface area (Å²) in [6.07, 6.45) is 1.12. The van der Waals surface area contributed by atoms with Crippen molar-refractivity contribution in [1.82, 2.24) is 14.9 Å². The standard InChI is InChI=1S/C15H21N3O3S/c1-10-14(22-9-16-10)7-17-5-11-12(8-20-13(11)6-17)15(19)18-3-2-4-21-18/h9,11-13H,2-8H2,1H3/t11-,12-,13-/m1/s1. The molecule has 0 aliphatic carbocycles. The minimum atomic E-state index is -0.0457. The highest BCUT2D eigenvalue weighted by molar-refractivity contribution is 7.09. The molecule has 0 N–H and O–H groups in total. The van der Waals surface area contributed by atoms with E-state index in [2.05, 4.69) is 16.8 Å². The lowest BCUT2D eigenvalue weighted by molar-refractivity contribution is -0.174. The Morgan fingerprint density at radius 2 is 2.41 bits per heavy atom. The molecule has 6 nitrogen and oxygen atoms in total. The third kappa shape index (κ3) is 2.56. The van der Waals surface area contributed by atoms with Crippen molar-refractivity contribution in [3.05, 3.63) is 16.1 Å². The van der Waals surface area contributed by atoms with E-state index in [1.54, 1.807) is 16.4 Å². The molecule has 0 aromatic carbocycles. The smallest absolute Gasteiger partial charge is 0.251 e. The first-order valence-corrected chi connectivity index (χ1v) is 8.77. The van der Waals surface area contributed by atoms with E-state index in [4.69, 9.17) is 9.57 Å². The summed E-state index contributed by atoms with van der Waals surface area (Å²) in [7, 11) is 0. The molecule has 3 aliphatic heterocycles. The number of aromatic nitrogens is 1. The van der Waals surface area contributed by atoms with Crippen LogP contribution in [0.25, 0.3) is 0 Å². The SMILES string of the molecule is Cc1ncsc1CN1C[C@H]2[C@@H](C1)OC[C@H]2C(=O)N1CCCO1. The minimum absolute atomic E-state index is 0.0457. The fraction of sp³-hybridized carbons (Fsp3) is 0.733. The highest BCUT2D eigenvalue weighted by Gasteiger charge is 2.48. The first-order valence-electron chi connectivity index (χ1n) is 7.89. The van der Waals surface area contributed by atoms with E-state index >= 15 is 0 Å². The molecule has 4 heterocycles. The van der Waals surface area contributed by atoms with Crippen LogP contribution in [-0.2, 0) is 20.9 Å². The van der Waals surface area contributed by atoms with Gasteiger partial charge >= 0.3 is 0 Å². The lowest BCUT2D eigenvalue weighted by Gasteiger charge is -2.22. The quantitative estimate of drug-likeness (QED) is 0.833. The monoisotopic (exact) mass is 323 g/mol. The molecule has 1 aromatic rings. The Hall–Kier alpha value is -1.02. The number of aryl methyl sites for hydroxylation is 1. The first kappa shape index (κ1) is 14.6. The molecule has 7 heteroatoms. The zero-order valence-electron chi connectivity index (χ0n) is 12.7. The molecule has 3 fully saturated rings. The van der Waals surface area contributed by atoms with Crippen LogP contribution in [-0.4, -0.2) is 59.8 Å². The van der Waals surface area contributed by atoms with Crippen LogP contribution in [0.15, 0.2) is 5.51 Å². The third-order valence-corrected chi connectivity index (χ3v) is 5.84. The van der Waals surface area contributed by atoms with Crippen LogP contribution in [0.3, 0.4) is 0 Å². The van der Waals surface area contributed by atoms with E-state index in [1.807, 2.05) is 5.51 Å². The van der Waals surface area contributed by atoms with Crippen LogP contribution in [0.2, 0.25) is 0 Å². The Morgan fingerprint density at radius 1 is 1.50 bits per heavy atom. The molecular formula is C15H21N3O3S. The predicted octanol–water partition coefficient (Wildman–Crippen LogP) is 1.06. The van der Waals surface area contributed by atoms with E-state index in [0.29, 0.717) is 19.1 Å². The molecule has 0 unspecified atom stereocenters. The maximum atomic E-state index is 12.6. The molecular weight excluding hydrogens is 302 g/mol. The van der Waals surface area contributed by atoms with Crippen LogP contribution in [0.1, 0.15) is 17.0 Å². The number of nitrogens with zero attached hydrogens (tertiary/aromatic N) is 3. The van der Waals surface area contributed by atoms with Gasteiger partial charge in [0.15, 0.2) is 0 Å². The van der Waals surface area contributed by atoms with Crippen molar-refractivity contribution in [1.29, 1.82) is 0 Å². The average molecular weight is 323 g/mol. The second-order valence-corrected chi connectivity index (χ2v) is 7.26. The highest BCUT2D eigenvalue weighted by atomic mass is 32.1. The Bertz CT molecular complexity index is 558. The van der Waals surface area contributed by atoms with Gasteiger partial charge in [-0.3, -0.25) is 14.5 Å². The fourth-order valence-electron chi connectivity index (χ4n) is 3.66. The van der Waals surface area contributed by atoms with Crippen molar-refractivity contribution < 1.29 is 14.4 Å². The molecule has 1 amide bonds. The van der Waals surface area contributed by atoms with Gasteiger partial charge in [0.2, 0.25) is 0 Å². The number of hydroxylamine groups is 2. The molecule has 3 atom stereocenters. The number of carbonyl (C=O) groups excluding carboxylic acids is 1. The van der Waals surface area contributed by atoms with Crippen LogP contribution >= 0.6 is 11.3 Å². The van der Waals surface area contributed by atoms with Gasteiger partial charge in [0.25, 0.3) is 5.91 Å². The van der Waals surface area contributed by atoms with Crippen molar-refractivity contribution >= 4 is 17.2 Å². The van der Waals surface area contributed by atoms with Gasteiger partial charge in [-0.05, 0) is 13.3 Å². The number of fused-ring (bicyclic) bond motifs is 1. The van der Waals surface area contributed by atoms with Gasteiger partial charge < -0.3 is 4.74 Å². The fourth-order valence-corrected chi connectivity index (χ4v) is 4.48. The molecule has 0 spiro atoms. The van der Waals surface area contributed by atoms with Gasteiger partial charge in [0.05, 0.1) is 43.0 Å². The summed E-state index contributed by atoms with van der Waals surface area (Å²) in [5.74, 6) is 0.362. The summed E-state index contributed by atoms with van der Waals surface area (Å²) in [5.41, 5.74) is 3.01. The van der Waals surface area contributed by atoms with Gasteiger partial charge in [0.1, 0.15) is 0 Å². The number of carbonyl (C=O) groups is 1. The molecule has 3 saturated heterocycles. The van der Waals surface area contributed by atoms with Crippen molar-refractivity contribution in [3.8, 4) is 0 Å². The van der Waals surface area contributed by atoms with Gasteiger partial charge in [-0.2, -0.15) is 0 Å². The van der Waals surface area contributed by atoms with Crippen LogP contribution in [0.5, 0.6) is 0 Å². The highest BCUT2D eigenvalue weighted by Crippen LogP contribution is 2.36. The minimum Gasteiger partial charge on any atom is -0.376 e. The normalized spacial score (nSPS) is 31.9. The zero-order chi connectivity index (χ0) is 15.1. The van der Waals surface area contributed by atoms with Gasteiger partial charge in [-0.25, -0.2) is 10.0 Å². The van der Waals surface area contributed by atoms with E-state index in [0.717, 1.165) is 38.3 Å². The number of hydrogen-bond acceptors (Lipinski definition) is 6. The number of rotatable bonds is 3. The summed E-state index contributed by atoms with van der Waals surface area (Å²) >= 11 is 1.70. The number of amides is 1. The summed E-state index contributed by atoms with van der Waals surface area (Å²) in [6, 6.07) is 0. The van der Waals surface area contributed by atoms with Crippen molar-refractivity contribution in [2.75, 3.05) is 32.8 Å². The lowest BCUT2D eigenvalue weighted by Crippen LogP contribution is -2.38. The van der Waals surface area contributed by atoms with Crippen LogP contribution < -0.4 is 0 Å². The van der Waals surface area contributed by atoms with Crippen LogP contribution in [0.4, 0.5) is 0 Å². The Balaban J connectivity index is 1.40. The number of hydrogen-bond donors (Lipinski definition) is 0. The van der Waals surface area contributed by atoms with E-state index < -0.39 is 0 Å². The summed E-state index contributed by atoms with van der Waals surface area (Å²) in [5, 5.41) is 1.55. The molecule has 1 aromatic heterocycles. The zero-order valence-corrected chi connectivity index (χ0v) is 13.6. The first-order chi connectivity index (χ1) is 10.7. The van der Waals surface area contributed by atoms with Crippen LogP contribution in [0, 0.1) is 18.8 Å². The molecule has 120 valence electrons. The van der Waals surface area contributed by atoms with Gasteiger partial charge in [-0.1, -0.05) is 0 Å². The molecule has 0 bridgehead atoms.